The first kappa shape index (κ1) is 22.8. The molecule has 3 amide bonds. The van der Waals surface area contributed by atoms with Crippen molar-refractivity contribution in [3.05, 3.63) is 76.0 Å². The molecule has 0 fully saturated rings. The molecule has 0 atom stereocenters. The Morgan fingerprint density at radius 1 is 0.781 bits per heavy atom. The van der Waals surface area contributed by atoms with Gasteiger partial charge in [-0.25, -0.2) is 0 Å². The summed E-state index contributed by atoms with van der Waals surface area (Å²) in [6.45, 7) is 0.618. The number of carbonyl (C=O) groups is 3. The summed E-state index contributed by atoms with van der Waals surface area (Å²) in [4.78, 5) is 37.3. The molecular formula is C23H23N3O5S. The van der Waals surface area contributed by atoms with Crippen LogP contribution in [0, 0.1) is 0 Å². The van der Waals surface area contributed by atoms with Gasteiger partial charge in [-0.3, -0.25) is 14.4 Å². The van der Waals surface area contributed by atoms with Crippen molar-refractivity contribution in [2.24, 2.45) is 0 Å². The van der Waals surface area contributed by atoms with Crippen molar-refractivity contribution in [3.63, 3.8) is 0 Å². The number of thiophene rings is 1. The standard InChI is InChI=1S/C23H23N3O5S/c1-30-18-12-16(13-19(14-18)31-2)22(28)26-17-7-5-15(6-8-17)21(27)24-9-10-25-23(29)20-4-3-11-32-20/h3-8,11-14H,9-10H2,1-2H3,(H,24,27)(H,25,29)(H,26,28). The molecule has 1 aromatic heterocycles. The van der Waals surface area contributed by atoms with Gasteiger partial charge in [0.2, 0.25) is 0 Å². The zero-order valence-electron chi connectivity index (χ0n) is 17.6. The Bertz CT molecular complexity index is 1060. The predicted molar refractivity (Wildman–Crippen MR) is 123 cm³/mol. The lowest BCUT2D eigenvalue weighted by Gasteiger charge is -2.10. The van der Waals surface area contributed by atoms with Gasteiger partial charge in [0.15, 0.2) is 0 Å². The topological polar surface area (TPSA) is 106 Å². The smallest absolute Gasteiger partial charge is 0.261 e. The first-order chi connectivity index (χ1) is 15.5. The van der Waals surface area contributed by atoms with Gasteiger partial charge in [0.25, 0.3) is 17.7 Å². The van der Waals surface area contributed by atoms with Crippen molar-refractivity contribution in [2.45, 2.75) is 0 Å². The van der Waals surface area contributed by atoms with E-state index in [2.05, 4.69) is 16.0 Å². The van der Waals surface area contributed by atoms with Crippen LogP contribution in [-0.4, -0.2) is 45.0 Å². The van der Waals surface area contributed by atoms with Gasteiger partial charge >= 0.3 is 0 Å². The molecule has 3 N–H and O–H groups in total. The van der Waals surface area contributed by atoms with Gasteiger partial charge in [0, 0.05) is 36.0 Å². The molecule has 0 saturated carbocycles. The van der Waals surface area contributed by atoms with E-state index in [4.69, 9.17) is 9.47 Å². The lowest BCUT2D eigenvalue weighted by Crippen LogP contribution is -2.34. The van der Waals surface area contributed by atoms with Crippen molar-refractivity contribution >= 4 is 34.7 Å². The van der Waals surface area contributed by atoms with E-state index < -0.39 is 0 Å². The normalized spacial score (nSPS) is 10.2. The predicted octanol–water partition coefficient (Wildman–Crippen LogP) is 3.18. The third-order valence-corrected chi connectivity index (χ3v) is 5.33. The van der Waals surface area contributed by atoms with Crippen LogP contribution in [-0.2, 0) is 0 Å². The van der Waals surface area contributed by atoms with Crippen molar-refractivity contribution < 1.29 is 23.9 Å². The second kappa shape index (κ2) is 11.0. The molecule has 166 valence electrons. The van der Waals surface area contributed by atoms with Gasteiger partial charge in [-0.1, -0.05) is 6.07 Å². The number of benzene rings is 2. The van der Waals surface area contributed by atoms with Gasteiger partial charge < -0.3 is 25.4 Å². The van der Waals surface area contributed by atoms with Crippen molar-refractivity contribution in [3.8, 4) is 11.5 Å². The minimum atomic E-state index is -0.333. The van der Waals surface area contributed by atoms with Gasteiger partial charge in [-0.05, 0) is 47.8 Å². The number of hydrogen-bond acceptors (Lipinski definition) is 6. The monoisotopic (exact) mass is 453 g/mol. The minimum Gasteiger partial charge on any atom is -0.497 e. The second-order valence-corrected chi connectivity index (χ2v) is 7.57. The van der Waals surface area contributed by atoms with Crippen LogP contribution in [0.1, 0.15) is 30.4 Å². The highest BCUT2D eigenvalue weighted by Crippen LogP contribution is 2.23. The van der Waals surface area contributed by atoms with Gasteiger partial charge in [-0.2, -0.15) is 0 Å². The third-order valence-electron chi connectivity index (χ3n) is 4.46. The molecule has 8 nitrogen and oxygen atoms in total. The molecule has 1 heterocycles. The summed E-state index contributed by atoms with van der Waals surface area (Å²) in [5, 5.41) is 10.1. The van der Waals surface area contributed by atoms with E-state index in [0.717, 1.165) is 0 Å². The van der Waals surface area contributed by atoms with Crippen LogP contribution in [0.3, 0.4) is 0 Å². The number of anilines is 1. The highest BCUT2D eigenvalue weighted by Gasteiger charge is 2.11. The first-order valence-corrected chi connectivity index (χ1v) is 10.6. The van der Waals surface area contributed by atoms with E-state index >= 15 is 0 Å². The zero-order valence-corrected chi connectivity index (χ0v) is 18.5. The minimum absolute atomic E-state index is 0.164. The lowest BCUT2D eigenvalue weighted by molar-refractivity contribution is 0.0929. The molecule has 0 spiro atoms. The zero-order chi connectivity index (χ0) is 22.9. The van der Waals surface area contributed by atoms with E-state index in [1.807, 2.05) is 5.38 Å². The van der Waals surface area contributed by atoms with Crippen molar-refractivity contribution in [2.75, 3.05) is 32.6 Å². The van der Waals surface area contributed by atoms with Crippen molar-refractivity contribution in [1.82, 2.24) is 10.6 Å². The summed E-state index contributed by atoms with van der Waals surface area (Å²) in [6.07, 6.45) is 0. The fourth-order valence-electron chi connectivity index (χ4n) is 2.80. The number of ether oxygens (including phenoxy) is 2. The largest absolute Gasteiger partial charge is 0.497 e. The second-order valence-electron chi connectivity index (χ2n) is 6.62. The molecule has 0 saturated heterocycles. The van der Waals surface area contributed by atoms with Crippen LogP contribution in [0.5, 0.6) is 11.5 Å². The Labute approximate surface area is 189 Å². The molecule has 0 bridgehead atoms. The molecule has 0 aliphatic carbocycles. The Morgan fingerprint density at radius 3 is 1.97 bits per heavy atom. The Balaban J connectivity index is 1.50. The molecule has 0 unspecified atom stereocenters. The van der Waals surface area contributed by atoms with Crippen LogP contribution >= 0.6 is 11.3 Å². The molecule has 2 aromatic carbocycles. The number of carbonyl (C=O) groups excluding carboxylic acids is 3. The van der Waals surface area contributed by atoms with Gasteiger partial charge in [-0.15, -0.1) is 11.3 Å². The molecule has 32 heavy (non-hydrogen) atoms. The number of hydrogen-bond donors (Lipinski definition) is 3. The fourth-order valence-corrected chi connectivity index (χ4v) is 3.44. The van der Waals surface area contributed by atoms with Crippen LogP contribution in [0.2, 0.25) is 0 Å². The van der Waals surface area contributed by atoms with E-state index in [-0.39, 0.29) is 17.7 Å². The Morgan fingerprint density at radius 2 is 1.41 bits per heavy atom. The van der Waals surface area contributed by atoms with Crippen molar-refractivity contribution in [1.29, 1.82) is 0 Å². The highest BCUT2D eigenvalue weighted by molar-refractivity contribution is 7.12. The van der Waals surface area contributed by atoms with E-state index in [1.165, 1.54) is 25.6 Å². The number of nitrogens with one attached hydrogen (secondary N) is 3. The maximum atomic E-state index is 12.5. The van der Waals surface area contributed by atoms with Gasteiger partial charge in [0.1, 0.15) is 11.5 Å². The molecule has 3 aromatic rings. The quantitative estimate of drug-likeness (QED) is 0.432. The lowest BCUT2D eigenvalue weighted by atomic mass is 10.1. The SMILES string of the molecule is COc1cc(OC)cc(C(=O)Nc2ccc(C(=O)NCCNC(=O)c3cccs3)cc2)c1. The highest BCUT2D eigenvalue weighted by atomic mass is 32.1. The number of methoxy groups -OCH3 is 2. The van der Waals surface area contributed by atoms with E-state index in [9.17, 15) is 14.4 Å². The molecular weight excluding hydrogens is 430 g/mol. The van der Waals surface area contributed by atoms with Gasteiger partial charge in [0.05, 0.1) is 19.1 Å². The van der Waals surface area contributed by atoms with Crippen LogP contribution < -0.4 is 25.4 Å². The average Bonchev–Trinajstić information content (AvgIpc) is 3.36. The number of rotatable bonds is 9. The number of amides is 3. The van der Waals surface area contributed by atoms with Crippen LogP contribution in [0.4, 0.5) is 5.69 Å². The van der Waals surface area contributed by atoms with E-state index in [0.29, 0.717) is 46.3 Å². The molecule has 0 aliphatic rings. The third kappa shape index (κ3) is 6.08. The van der Waals surface area contributed by atoms with Crippen LogP contribution in [0.15, 0.2) is 60.0 Å². The summed E-state index contributed by atoms with van der Waals surface area (Å²) in [6, 6.07) is 14.9. The van der Waals surface area contributed by atoms with Crippen LogP contribution in [0.25, 0.3) is 0 Å². The Hall–Kier alpha value is -3.85. The summed E-state index contributed by atoms with van der Waals surface area (Å²) in [5.41, 5.74) is 1.36. The fraction of sp³-hybridized carbons (Fsp3) is 0.174. The first-order valence-electron chi connectivity index (χ1n) is 9.74. The van der Waals surface area contributed by atoms with E-state index in [1.54, 1.807) is 54.6 Å². The molecule has 0 aliphatic heterocycles. The maximum Gasteiger partial charge on any atom is 0.261 e. The molecule has 9 heteroatoms. The molecule has 0 radical (unpaired) electrons. The summed E-state index contributed by atoms with van der Waals surface area (Å²) < 4.78 is 10.4. The summed E-state index contributed by atoms with van der Waals surface area (Å²) in [5.74, 6) is 0.246. The maximum absolute atomic E-state index is 12.5. The Kier molecular flexibility index (Phi) is 7.82. The summed E-state index contributed by atoms with van der Waals surface area (Å²) in [7, 11) is 3.02. The average molecular weight is 454 g/mol. The molecule has 3 rings (SSSR count). The summed E-state index contributed by atoms with van der Waals surface area (Å²) >= 11 is 1.36.